The summed E-state index contributed by atoms with van der Waals surface area (Å²) in [7, 11) is 0. The quantitative estimate of drug-likeness (QED) is 0.682. The molecule has 6 heteroatoms. The summed E-state index contributed by atoms with van der Waals surface area (Å²) in [6.07, 6.45) is 1.02. The minimum absolute atomic E-state index is 0.0888. The Labute approximate surface area is 117 Å². The van der Waals surface area contributed by atoms with E-state index in [9.17, 15) is 14.4 Å². The normalized spacial score (nSPS) is 14.8. The van der Waals surface area contributed by atoms with Crippen molar-refractivity contribution in [1.82, 2.24) is 0 Å². The number of aliphatic carboxylic acids is 1. The van der Waals surface area contributed by atoms with Gasteiger partial charge >= 0.3 is 5.97 Å². The van der Waals surface area contributed by atoms with Crippen LogP contribution in [0.1, 0.15) is 17.3 Å². The number of ketones is 1. The van der Waals surface area contributed by atoms with Crippen LogP contribution in [-0.4, -0.2) is 29.3 Å². The van der Waals surface area contributed by atoms with E-state index in [1.165, 1.54) is 4.90 Å². The van der Waals surface area contributed by atoms with Crippen molar-refractivity contribution in [3.63, 3.8) is 0 Å². The van der Waals surface area contributed by atoms with Gasteiger partial charge in [-0.25, -0.2) is 4.79 Å². The van der Waals surface area contributed by atoms with Gasteiger partial charge in [0, 0.05) is 17.1 Å². The molecule has 1 amide bonds. The van der Waals surface area contributed by atoms with Gasteiger partial charge in [0.2, 0.25) is 0 Å². The minimum atomic E-state index is -1.08. The monoisotopic (exact) mass is 323 g/mol. The largest absolute Gasteiger partial charge is 0.478 e. The van der Waals surface area contributed by atoms with Gasteiger partial charge in [-0.2, -0.15) is 0 Å². The van der Waals surface area contributed by atoms with Crippen molar-refractivity contribution in [1.29, 1.82) is 0 Å². The Morgan fingerprint density at radius 3 is 2.74 bits per heavy atom. The Balaban J connectivity index is 2.37. The molecule has 1 aromatic carbocycles. The number of carboxylic acids is 1. The molecule has 1 N–H and O–H groups in total. The van der Waals surface area contributed by atoms with Gasteiger partial charge in [0.1, 0.15) is 0 Å². The first-order valence-corrected chi connectivity index (χ1v) is 6.25. The van der Waals surface area contributed by atoms with Crippen molar-refractivity contribution in [2.75, 3.05) is 11.4 Å². The highest BCUT2D eigenvalue weighted by atomic mass is 79.9. The third-order valence-corrected chi connectivity index (χ3v) is 3.20. The fraction of sp³-hybridized carbons (Fsp3) is 0.154. The van der Waals surface area contributed by atoms with Gasteiger partial charge in [0.15, 0.2) is 0 Å². The fourth-order valence-electron chi connectivity index (χ4n) is 1.94. The van der Waals surface area contributed by atoms with Gasteiger partial charge in [0.05, 0.1) is 11.3 Å². The first kappa shape index (κ1) is 13.5. The zero-order chi connectivity index (χ0) is 14.2. The maximum atomic E-state index is 11.9. The molecular weight excluding hydrogens is 314 g/mol. The van der Waals surface area contributed by atoms with Crippen molar-refractivity contribution in [3.8, 4) is 0 Å². The number of carboxylic acid groups (broad SMARTS) is 1. The van der Waals surface area contributed by atoms with Crippen molar-refractivity contribution in [3.05, 3.63) is 39.9 Å². The van der Waals surface area contributed by atoms with Gasteiger partial charge in [-0.1, -0.05) is 15.9 Å². The lowest BCUT2D eigenvalue weighted by molar-refractivity contribution is -0.131. The summed E-state index contributed by atoms with van der Waals surface area (Å²) in [5.74, 6) is -2.28. The topological polar surface area (TPSA) is 74.7 Å². The summed E-state index contributed by atoms with van der Waals surface area (Å²) in [6, 6.07) is 4.98. The van der Waals surface area contributed by atoms with E-state index >= 15 is 0 Å². The van der Waals surface area contributed by atoms with Gasteiger partial charge in [0.25, 0.3) is 11.7 Å². The molecule has 1 aliphatic heterocycles. The number of benzene rings is 1. The first-order chi connectivity index (χ1) is 8.90. The number of fused-ring (bicyclic) bond motifs is 1. The lowest BCUT2D eigenvalue weighted by Gasteiger charge is -2.16. The Bertz CT molecular complexity index is 621. The number of rotatable bonds is 3. The van der Waals surface area contributed by atoms with Crippen LogP contribution in [0, 0.1) is 0 Å². The van der Waals surface area contributed by atoms with Crippen LogP contribution >= 0.6 is 15.9 Å². The van der Waals surface area contributed by atoms with Gasteiger partial charge in [-0.05, 0) is 30.7 Å². The van der Waals surface area contributed by atoms with Crippen molar-refractivity contribution in [2.24, 2.45) is 0 Å². The highest BCUT2D eigenvalue weighted by molar-refractivity contribution is 9.10. The van der Waals surface area contributed by atoms with E-state index in [-0.39, 0.29) is 6.54 Å². The standard InChI is InChI=1S/C13H10BrNO4/c1-7(4-11(16)17)6-15-10-3-2-8(14)5-9(10)12(18)13(15)19/h2-5H,6H2,1H3,(H,16,17). The molecule has 0 saturated heterocycles. The zero-order valence-corrected chi connectivity index (χ0v) is 11.6. The first-order valence-electron chi connectivity index (χ1n) is 5.46. The third-order valence-electron chi connectivity index (χ3n) is 2.71. The van der Waals surface area contributed by atoms with E-state index in [1.54, 1.807) is 25.1 Å². The predicted octanol–water partition coefficient (Wildman–Crippen LogP) is 2.01. The highest BCUT2D eigenvalue weighted by Gasteiger charge is 2.35. The molecule has 0 aromatic heterocycles. The second-order valence-corrected chi connectivity index (χ2v) is 5.13. The minimum Gasteiger partial charge on any atom is -0.478 e. The van der Waals surface area contributed by atoms with Crippen molar-refractivity contribution < 1.29 is 19.5 Å². The summed E-state index contributed by atoms with van der Waals surface area (Å²) in [4.78, 5) is 35.6. The van der Waals surface area contributed by atoms with E-state index in [0.29, 0.717) is 21.3 Å². The number of hydrogen-bond acceptors (Lipinski definition) is 3. The average molecular weight is 324 g/mol. The van der Waals surface area contributed by atoms with Crippen LogP contribution in [-0.2, 0) is 9.59 Å². The molecule has 98 valence electrons. The Morgan fingerprint density at radius 2 is 2.11 bits per heavy atom. The van der Waals surface area contributed by atoms with Crippen LogP contribution in [0.2, 0.25) is 0 Å². The number of halogens is 1. The van der Waals surface area contributed by atoms with Gasteiger partial charge in [-0.15, -0.1) is 0 Å². The molecule has 0 radical (unpaired) electrons. The average Bonchev–Trinajstić information content (AvgIpc) is 2.53. The Hall–Kier alpha value is -1.95. The molecule has 2 rings (SSSR count). The van der Waals surface area contributed by atoms with E-state index in [0.717, 1.165) is 6.08 Å². The van der Waals surface area contributed by atoms with Crippen LogP contribution < -0.4 is 4.90 Å². The second-order valence-electron chi connectivity index (χ2n) is 4.21. The fourth-order valence-corrected chi connectivity index (χ4v) is 2.30. The third kappa shape index (κ3) is 2.58. The molecule has 0 unspecified atom stereocenters. The number of nitrogens with zero attached hydrogens (tertiary/aromatic N) is 1. The molecule has 0 atom stereocenters. The number of anilines is 1. The van der Waals surface area contributed by atoms with E-state index in [4.69, 9.17) is 5.11 Å². The number of carbonyl (C=O) groups is 3. The molecule has 0 aliphatic carbocycles. The smallest absolute Gasteiger partial charge is 0.328 e. The lowest BCUT2D eigenvalue weighted by Crippen LogP contribution is -2.31. The second kappa shape index (κ2) is 4.97. The predicted molar refractivity (Wildman–Crippen MR) is 72.2 cm³/mol. The number of carbonyl (C=O) groups excluding carboxylic acids is 2. The SMILES string of the molecule is CC(=CC(=O)O)CN1C(=O)C(=O)c2cc(Br)ccc21. The van der Waals surface area contributed by atoms with Crippen LogP contribution in [0.15, 0.2) is 34.3 Å². The molecule has 0 bridgehead atoms. The molecule has 1 aromatic rings. The van der Waals surface area contributed by atoms with Crippen LogP contribution in [0.25, 0.3) is 0 Å². The lowest BCUT2D eigenvalue weighted by atomic mass is 10.1. The molecule has 1 aliphatic rings. The van der Waals surface area contributed by atoms with E-state index in [2.05, 4.69) is 15.9 Å². The molecule has 19 heavy (non-hydrogen) atoms. The van der Waals surface area contributed by atoms with E-state index in [1.807, 2.05) is 0 Å². The summed E-state index contributed by atoms with van der Waals surface area (Å²) in [6.45, 7) is 1.69. The van der Waals surface area contributed by atoms with Crippen LogP contribution in [0.5, 0.6) is 0 Å². The molecule has 0 spiro atoms. The van der Waals surface area contributed by atoms with Crippen molar-refractivity contribution in [2.45, 2.75) is 6.92 Å². The molecule has 1 heterocycles. The van der Waals surface area contributed by atoms with Gasteiger partial charge < -0.3 is 10.0 Å². The highest BCUT2D eigenvalue weighted by Crippen LogP contribution is 2.31. The maximum Gasteiger partial charge on any atom is 0.328 e. The zero-order valence-electron chi connectivity index (χ0n) is 10.0. The Morgan fingerprint density at radius 1 is 1.42 bits per heavy atom. The summed E-state index contributed by atoms with van der Waals surface area (Å²) in [5.41, 5.74) is 1.34. The van der Waals surface area contributed by atoms with Gasteiger partial charge in [-0.3, -0.25) is 9.59 Å². The molecular formula is C13H10BrNO4. The van der Waals surface area contributed by atoms with Crippen molar-refractivity contribution >= 4 is 39.3 Å². The number of hydrogen-bond donors (Lipinski definition) is 1. The number of Topliss-reactive ketones (excluding diaryl/α,β-unsaturated/α-hetero) is 1. The molecule has 5 nitrogen and oxygen atoms in total. The van der Waals surface area contributed by atoms with E-state index < -0.39 is 17.7 Å². The summed E-state index contributed by atoms with van der Waals surface area (Å²) >= 11 is 3.24. The Kier molecular flexibility index (Phi) is 3.53. The van der Waals surface area contributed by atoms with Crippen LogP contribution in [0.3, 0.4) is 0 Å². The summed E-state index contributed by atoms with van der Waals surface area (Å²) < 4.78 is 0.715. The number of amides is 1. The maximum absolute atomic E-state index is 11.9. The molecule has 0 fully saturated rings. The summed E-state index contributed by atoms with van der Waals surface area (Å²) in [5, 5.41) is 8.65. The van der Waals surface area contributed by atoms with Crippen LogP contribution in [0.4, 0.5) is 5.69 Å². The molecule has 0 saturated carbocycles.